The molecule has 1 aliphatic heterocycles. The standard InChI is InChI=1S/C16H13N3O3S/c20-15(14-10-21-6-7-22-14)17-12-3-1-11(2-4-12)13-9-19-5-8-23-16(19)18-13/h1-5,8-10H,6-7H2,(H,17,20). The zero-order valence-corrected chi connectivity index (χ0v) is 12.9. The molecule has 1 N–H and O–H groups in total. The van der Waals surface area contributed by atoms with E-state index in [0.29, 0.717) is 18.9 Å². The van der Waals surface area contributed by atoms with E-state index in [9.17, 15) is 4.79 Å². The van der Waals surface area contributed by atoms with Crippen LogP contribution < -0.4 is 5.32 Å². The van der Waals surface area contributed by atoms with Crippen LogP contribution in [0.1, 0.15) is 0 Å². The van der Waals surface area contributed by atoms with Crippen LogP contribution in [0.4, 0.5) is 5.69 Å². The van der Waals surface area contributed by atoms with E-state index in [1.807, 2.05) is 46.4 Å². The van der Waals surface area contributed by atoms with Crippen molar-refractivity contribution in [1.82, 2.24) is 9.38 Å². The van der Waals surface area contributed by atoms with Gasteiger partial charge in [0, 0.05) is 29.0 Å². The van der Waals surface area contributed by atoms with E-state index in [4.69, 9.17) is 9.47 Å². The third-order valence-corrected chi connectivity index (χ3v) is 4.18. The molecular formula is C16H13N3O3S. The monoisotopic (exact) mass is 327 g/mol. The Morgan fingerprint density at radius 3 is 2.87 bits per heavy atom. The van der Waals surface area contributed by atoms with Gasteiger partial charge in [0.2, 0.25) is 5.76 Å². The number of nitrogens with one attached hydrogen (secondary N) is 1. The van der Waals surface area contributed by atoms with Crippen LogP contribution >= 0.6 is 11.3 Å². The van der Waals surface area contributed by atoms with E-state index in [-0.39, 0.29) is 11.7 Å². The normalized spacial score (nSPS) is 14.0. The lowest BCUT2D eigenvalue weighted by Gasteiger charge is -2.15. The van der Waals surface area contributed by atoms with Crippen molar-refractivity contribution >= 4 is 27.9 Å². The Morgan fingerprint density at radius 1 is 1.26 bits per heavy atom. The van der Waals surface area contributed by atoms with Crippen LogP contribution in [0.3, 0.4) is 0 Å². The first-order valence-electron chi connectivity index (χ1n) is 7.08. The summed E-state index contributed by atoms with van der Waals surface area (Å²) < 4.78 is 12.3. The number of amides is 1. The highest BCUT2D eigenvalue weighted by Crippen LogP contribution is 2.23. The predicted molar refractivity (Wildman–Crippen MR) is 87.1 cm³/mol. The summed E-state index contributed by atoms with van der Waals surface area (Å²) >= 11 is 1.59. The molecule has 1 amide bonds. The van der Waals surface area contributed by atoms with Gasteiger partial charge in [0.05, 0.1) is 5.69 Å². The van der Waals surface area contributed by atoms with Crippen LogP contribution in [0.25, 0.3) is 16.2 Å². The van der Waals surface area contributed by atoms with Crippen molar-refractivity contribution in [1.29, 1.82) is 0 Å². The van der Waals surface area contributed by atoms with Crippen LogP contribution in [0.5, 0.6) is 0 Å². The molecule has 0 atom stereocenters. The number of anilines is 1. The number of benzene rings is 1. The summed E-state index contributed by atoms with van der Waals surface area (Å²) in [5.74, 6) is -0.130. The van der Waals surface area contributed by atoms with Gasteiger partial charge in [0.15, 0.2) is 4.96 Å². The molecule has 0 unspecified atom stereocenters. The number of hydrogen-bond acceptors (Lipinski definition) is 5. The lowest BCUT2D eigenvalue weighted by Crippen LogP contribution is -2.21. The molecule has 116 valence electrons. The van der Waals surface area contributed by atoms with Gasteiger partial charge >= 0.3 is 0 Å². The molecule has 0 saturated heterocycles. The van der Waals surface area contributed by atoms with E-state index in [1.54, 1.807) is 11.3 Å². The Bertz CT molecular complexity index is 851. The Morgan fingerprint density at radius 2 is 2.13 bits per heavy atom. The maximum atomic E-state index is 12.0. The smallest absolute Gasteiger partial charge is 0.294 e. The SMILES string of the molecule is O=C(Nc1ccc(-c2cn3ccsc3n2)cc1)C1=COCCO1. The molecule has 0 aliphatic carbocycles. The maximum Gasteiger partial charge on any atom is 0.294 e. The van der Waals surface area contributed by atoms with Crippen LogP contribution in [0.2, 0.25) is 0 Å². The van der Waals surface area contributed by atoms with E-state index in [0.717, 1.165) is 16.2 Å². The predicted octanol–water partition coefficient (Wildman–Crippen LogP) is 2.89. The van der Waals surface area contributed by atoms with Gasteiger partial charge in [-0.05, 0) is 12.1 Å². The molecule has 0 radical (unpaired) electrons. The van der Waals surface area contributed by atoms with Gasteiger partial charge in [0.1, 0.15) is 19.5 Å². The molecule has 3 aromatic rings. The van der Waals surface area contributed by atoms with Gasteiger partial charge in [-0.3, -0.25) is 9.20 Å². The lowest BCUT2D eigenvalue weighted by atomic mass is 10.1. The Hall–Kier alpha value is -2.80. The van der Waals surface area contributed by atoms with Crippen LogP contribution in [-0.4, -0.2) is 28.5 Å². The summed E-state index contributed by atoms with van der Waals surface area (Å²) in [6.07, 6.45) is 5.30. The fourth-order valence-electron chi connectivity index (χ4n) is 2.27. The van der Waals surface area contributed by atoms with E-state index >= 15 is 0 Å². The average molecular weight is 327 g/mol. The molecule has 0 bridgehead atoms. The van der Waals surface area contributed by atoms with E-state index < -0.39 is 0 Å². The Balaban J connectivity index is 1.50. The molecule has 23 heavy (non-hydrogen) atoms. The summed E-state index contributed by atoms with van der Waals surface area (Å²) in [6.45, 7) is 0.850. The number of ether oxygens (including phenoxy) is 2. The quantitative estimate of drug-likeness (QED) is 0.803. The minimum Gasteiger partial charge on any atom is -0.494 e. The van der Waals surface area contributed by atoms with Gasteiger partial charge in [-0.25, -0.2) is 4.98 Å². The molecule has 3 heterocycles. The molecule has 1 aliphatic rings. The number of nitrogens with zero attached hydrogens (tertiary/aromatic N) is 2. The first-order valence-corrected chi connectivity index (χ1v) is 7.96. The molecule has 1 aromatic carbocycles. The zero-order chi connectivity index (χ0) is 15.6. The lowest BCUT2D eigenvalue weighted by molar-refractivity contribution is -0.117. The third-order valence-electron chi connectivity index (χ3n) is 3.40. The van der Waals surface area contributed by atoms with Crippen molar-refractivity contribution in [2.75, 3.05) is 18.5 Å². The number of rotatable bonds is 3. The molecule has 6 nitrogen and oxygen atoms in total. The van der Waals surface area contributed by atoms with Crippen molar-refractivity contribution in [3.63, 3.8) is 0 Å². The van der Waals surface area contributed by atoms with Gasteiger partial charge in [-0.1, -0.05) is 12.1 Å². The van der Waals surface area contributed by atoms with E-state index in [2.05, 4.69) is 10.3 Å². The van der Waals surface area contributed by atoms with E-state index in [1.165, 1.54) is 6.26 Å². The number of hydrogen-bond donors (Lipinski definition) is 1. The summed E-state index contributed by atoms with van der Waals surface area (Å²) in [5.41, 5.74) is 2.59. The fraction of sp³-hybridized carbons (Fsp3) is 0.125. The summed E-state index contributed by atoms with van der Waals surface area (Å²) in [4.78, 5) is 17.5. The number of fused-ring (bicyclic) bond motifs is 1. The second-order valence-corrected chi connectivity index (χ2v) is 5.82. The molecule has 0 fully saturated rings. The van der Waals surface area contributed by atoms with Crippen molar-refractivity contribution in [2.24, 2.45) is 0 Å². The van der Waals surface area contributed by atoms with Gasteiger partial charge in [-0.2, -0.15) is 0 Å². The van der Waals surface area contributed by atoms with Gasteiger partial charge in [-0.15, -0.1) is 11.3 Å². The van der Waals surface area contributed by atoms with Gasteiger partial charge < -0.3 is 14.8 Å². The second-order valence-electron chi connectivity index (χ2n) is 4.95. The number of thiazole rings is 1. The van der Waals surface area contributed by atoms with Crippen LogP contribution in [-0.2, 0) is 14.3 Å². The topological polar surface area (TPSA) is 64.9 Å². The molecule has 2 aromatic heterocycles. The first kappa shape index (κ1) is 13.8. The Labute approximate surface area is 136 Å². The van der Waals surface area contributed by atoms with Crippen molar-refractivity contribution < 1.29 is 14.3 Å². The van der Waals surface area contributed by atoms with Crippen molar-refractivity contribution in [2.45, 2.75) is 0 Å². The van der Waals surface area contributed by atoms with Crippen LogP contribution in [0, 0.1) is 0 Å². The highest BCUT2D eigenvalue weighted by Gasteiger charge is 2.15. The van der Waals surface area contributed by atoms with Gasteiger partial charge in [0.25, 0.3) is 5.91 Å². The summed E-state index contributed by atoms with van der Waals surface area (Å²) in [6, 6.07) is 7.53. The highest BCUT2D eigenvalue weighted by molar-refractivity contribution is 7.15. The molecule has 0 saturated carbocycles. The third kappa shape index (κ3) is 2.78. The van der Waals surface area contributed by atoms with Crippen molar-refractivity contribution in [3.05, 3.63) is 54.1 Å². The largest absolute Gasteiger partial charge is 0.494 e. The second kappa shape index (κ2) is 5.77. The number of carbonyl (C=O) groups is 1. The first-order chi connectivity index (χ1) is 11.3. The number of imidazole rings is 1. The molecular weight excluding hydrogens is 314 g/mol. The Kier molecular flexibility index (Phi) is 3.47. The summed E-state index contributed by atoms with van der Waals surface area (Å²) in [7, 11) is 0. The minimum absolute atomic E-state index is 0.190. The number of aromatic nitrogens is 2. The minimum atomic E-state index is -0.319. The maximum absolute atomic E-state index is 12.0. The number of carbonyl (C=O) groups excluding carboxylic acids is 1. The summed E-state index contributed by atoms with van der Waals surface area (Å²) in [5, 5.41) is 4.77. The average Bonchev–Trinajstić information content (AvgIpc) is 3.18. The molecule has 0 spiro atoms. The van der Waals surface area contributed by atoms with Crippen LogP contribution in [0.15, 0.2) is 54.1 Å². The van der Waals surface area contributed by atoms with Crippen molar-refractivity contribution in [3.8, 4) is 11.3 Å². The molecule has 4 rings (SSSR count). The zero-order valence-electron chi connectivity index (χ0n) is 12.1. The molecule has 7 heteroatoms. The fourth-order valence-corrected chi connectivity index (χ4v) is 2.97. The highest BCUT2D eigenvalue weighted by atomic mass is 32.1.